The molecule has 2 nitrogen and oxygen atoms in total. The fraction of sp³-hybridized carbons (Fsp3) is 0.182. The van der Waals surface area contributed by atoms with Crippen LogP contribution >= 0.6 is 11.3 Å². The maximum atomic E-state index is 13.4. The van der Waals surface area contributed by atoms with E-state index in [1.54, 1.807) is 12.4 Å². The smallest absolute Gasteiger partial charge is 0.129 e. The van der Waals surface area contributed by atoms with Crippen molar-refractivity contribution in [2.45, 2.75) is 13.0 Å². The minimum atomic E-state index is -1.16. The number of halogens is 2. The van der Waals surface area contributed by atoms with Crippen LogP contribution in [0.4, 0.5) is 8.78 Å². The molecule has 0 saturated carbocycles. The Labute approximate surface area is 95.2 Å². The largest absolute Gasteiger partial charge is 0.383 e. The van der Waals surface area contributed by atoms with Crippen LogP contribution in [-0.4, -0.2) is 10.1 Å². The minimum absolute atomic E-state index is 0.0626. The van der Waals surface area contributed by atoms with Crippen molar-refractivity contribution < 1.29 is 13.9 Å². The Kier molecular flexibility index (Phi) is 2.98. The average Bonchev–Trinajstić information content (AvgIpc) is 2.67. The van der Waals surface area contributed by atoms with Gasteiger partial charge in [0.2, 0.25) is 0 Å². The van der Waals surface area contributed by atoms with Gasteiger partial charge in [-0.2, -0.15) is 0 Å². The highest BCUT2D eigenvalue weighted by Crippen LogP contribution is 2.29. The maximum absolute atomic E-state index is 13.4. The van der Waals surface area contributed by atoms with Crippen molar-refractivity contribution in [3.8, 4) is 0 Å². The lowest BCUT2D eigenvalue weighted by Gasteiger charge is -2.10. The lowest BCUT2D eigenvalue weighted by Crippen LogP contribution is -2.03. The second kappa shape index (κ2) is 4.27. The van der Waals surface area contributed by atoms with Gasteiger partial charge in [0.25, 0.3) is 0 Å². The van der Waals surface area contributed by atoms with Crippen LogP contribution in [0.25, 0.3) is 0 Å². The predicted molar refractivity (Wildman–Crippen MR) is 57.3 cm³/mol. The highest BCUT2D eigenvalue weighted by Gasteiger charge is 2.19. The van der Waals surface area contributed by atoms with Crippen molar-refractivity contribution in [3.05, 3.63) is 51.5 Å². The molecule has 0 spiro atoms. The summed E-state index contributed by atoms with van der Waals surface area (Å²) in [5, 5.41) is 9.93. The zero-order valence-electron chi connectivity index (χ0n) is 8.45. The molecular weight excluding hydrogens is 232 g/mol. The van der Waals surface area contributed by atoms with Gasteiger partial charge in [-0.1, -0.05) is 0 Å². The van der Waals surface area contributed by atoms with Gasteiger partial charge in [-0.05, 0) is 25.1 Å². The molecule has 0 fully saturated rings. The van der Waals surface area contributed by atoms with Gasteiger partial charge >= 0.3 is 0 Å². The fourth-order valence-electron chi connectivity index (χ4n) is 1.44. The molecule has 0 amide bonds. The first-order valence-corrected chi connectivity index (χ1v) is 5.50. The van der Waals surface area contributed by atoms with E-state index in [2.05, 4.69) is 4.98 Å². The van der Waals surface area contributed by atoms with E-state index in [-0.39, 0.29) is 5.56 Å². The monoisotopic (exact) mass is 241 g/mol. The SMILES string of the molecule is Cc1ncsc1C(O)c1cc(F)ccc1F. The third kappa shape index (κ3) is 1.96. The van der Waals surface area contributed by atoms with Gasteiger partial charge < -0.3 is 5.11 Å². The van der Waals surface area contributed by atoms with Crippen molar-refractivity contribution in [1.29, 1.82) is 0 Å². The van der Waals surface area contributed by atoms with Gasteiger partial charge in [0.15, 0.2) is 0 Å². The molecule has 0 saturated heterocycles. The number of aliphatic hydroxyl groups excluding tert-OH is 1. The Morgan fingerprint density at radius 3 is 2.75 bits per heavy atom. The molecule has 1 unspecified atom stereocenters. The van der Waals surface area contributed by atoms with E-state index in [1.165, 1.54) is 11.3 Å². The van der Waals surface area contributed by atoms with Crippen molar-refractivity contribution in [3.63, 3.8) is 0 Å². The first-order valence-electron chi connectivity index (χ1n) is 4.62. The number of hydrogen-bond acceptors (Lipinski definition) is 3. The molecule has 0 aliphatic heterocycles. The molecular formula is C11H9F2NOS. The first-order chi connectivity index (χ1) is 7.59. The molecule has 1 atom stereocenters. The molecule has 1 aromatic heterocycles. The molecule has 1 N–H and O–H groups in total. The number of benzene rings is 1. The quantitative estimate of drug-likeness (QED) is 0.877. The summed E-state index contributed by atoms with van der Waals surface area (Å²) in [5.74, 6) is -1.20. The number of aliphatic hydroxyl groups is 1. The second-order valence-electron chi connectivity index (χ2n) is 3.37. The van der Waals surface area contributed by atoms with E-state index in [1.807, 2.05) is 0 Å². The number of thiazole rings is 1. The Balaban J connectivity index is 2.45. The molecule has 5 heteroatoms. The van der Waals surface area contributed by atoms with Gasteiger partial charge in [-0.25, -0.2) is 13.8 Å². The van der Waals surface area contributed by atoms with Crippen LogP contribution in [-0.2, 0) is 0 Å². The molecule has 0 bridgehead atoms. The van der Waals surface area contributed by atoms with Crippen LogP contribution in [0.3, 0.4) is 0 Å². The topological polar surface area (TPSA) is 33.1 Å². The van der Waals surface area contributed by atoms with Crippen molar-refractivity contribution in [1.82, 2.24) is 4.98 Å². The van der Waals surface area contributed by atoms with E-state index < -0.39 is 17.7 Å². The van der Waals surface area contributed by atoms with Crippen LogP contribution in [0.5, 0.6) is 0 Å². The molecule has 16 heavy (non-hydrogen) atoms. The summed E-state index contributed by atoms with van der Waals surface area (Å²) >= 11 is 1.22. The zero-order chi connectivity index (χ0) is 11.7. The van der Waals surface area contributed by atoms with Crippen LogP contribution in [0.2, 0.25) is 0 Å². The highest BCUT2D eigenvalue weighted by molar-refractivity contribution is 7.09. The Hall–Kier alpha value is -1.33. The van der Waals surface area contributed by atoms with Gasteiger partial charge in [0.1, 0.15) is 17.7 Å². The maximum Gasteiger partial charge on any atom is 0.129 e. The highest BCUT2D eigenvalue weighted by atomic mass is 32.1. The van der Waals surface area contributed by atoms with Crippen LogP contribution in [0.15, 0.2) is 23.7 Å². The van der Waals surface area contributed by atoms with Crippen molar-refractivity contribution >= 4 is 11.3 Å². The van der Waals surface area contributed by atoms with E-state index in [4.69, 9.17) is 0 Å². The number of rotatable bonds is 2. The molecule has 1 aromatic carbocycles. The second-order valence-corrected chi connectivity index (χ2v) is 4.26. The third-order valence-corrected chi connectivity index (χ3v) is 3.27. The molecule has 2 aromatic rings. The Morgan fingerprint density at radius 1 is 1.38 bits per heavy atom. The van der Waals surface area contributed by atoms with E-state index in [0.717, 1.165) is 18.2 Å². The van der Waals surface area contributed by atoms with Gasteiger partial charge in [0.05, 0.1) is 16.1 Å². The summed E-state index contributed by atoms with van der Waals surface area (Å²) in [6.45, 7) is 1.71. The van der Waals surface area contributed by atoms with Gasteiger partial charge in [0, 0.05) is 5.56 Å². The summed E-state index contributed by atoms with van der Waals surface area (Å²) in [7, 11) is 0. The summed E-state index contributed by atoms with van der Waals surface area (Å²) < 4.78 is 26.4. The molecule has 0 radical (unpaired) electrons. The number of aromatic nitrogens is 1. The number of aryl methyl sites for hydroxylation is 1. The van der Waals surface area contributed by atoms with Crippen LogP contribution < -0.4 is 0 Å². The molecule has 84 valence electrons. The van der Waals surface area contributed by atoms with Crippen LogP contribution in [0.1, 0.15) is 22.2 Å². The van der Waals surface area contributed by atoms with E-state index in [0.29, 0.717) is 10.6 Å². The lowest BCUT2D eigenvalue weighted by atomic mass is 10.1. The zero-order valence-corrected chi connectivity index (χ0v) is 9.26. The van der Waals surface area contributed by atoms with E-state index >= 15 is 0 Å². The lowest BCUT2D eigenvalue weighted by molar-refractivity contribution is 0.217. The third-order valence-electron chi connectivity index (χ3n) is 2.28. The fourth-order valence-corrected chi connectivity index (χ4v) is 2.24. The minimum Gasteiger partial charge on any atom is -0.383 e. The normalized spacial score (nSPS) is 12.8. The number of nitrogens with zero attached hydrogens (tertiary/aromatic N) is 1. The summed E-state index contributed by atoms with van der Waals surface area (Å²) in [4.78, 5) is 4.49. The first kappa shape index (κ1) is 11.2. The Bertz CT molecular complexity index is 512. The standard InChI is InChI=1S/C11H9F2NOS/c1-6-11(16-5-14-6)10(15)8-4-7(12)2-3-9(8)13/h2-5,10,15H,1H3. The van der Waals surface area contributed by atoms with Crippen molar-refractivity contribution in [2.75, 3.05) is 0 Å². The number of hydrogen-bond donors (Lipinski definition) is 1. The van der Waals surface area contributed by atoms with Crippen LogP contribution in [0, 0.1) is 18.6 Å². The molecule has 0 aliphatic rings. The predicted octanol–water partition coefficient (Wildman–Crippen LogP) is 2.81. The summed E-state index contributed by atoms with van der Waals surface area (Å²) in [6, 6.07) is 3.02. The van der Waals surface area contributed by atoms with Gasteiger partial charge in [-0.15, -0.1) is 11.3 Å². The molecule has 2 rings (SSSR count). The van der Waals surface area contributed by atoms with Crippen molar-refractivity contribution in [2.24, 2.45) is 0 Å². The molecule has 1 heterocycles. The van der Waals surface area contributed by atoms with Gasteiger partial charge in [-0.3, -0.25) is 0 Å². The Morgan fingerprint density at radius 2 is 2.12 bits per heavy atom. The average molecular weight is 241 g/mol. The summed E-state index contributed by atoms with van der Waals surface area (Å²) in [6.07, 6.45) is -1.16. The molecule has 0 aliphatic carbocycles. The van der Waals surface area contributed by atoms with E-state index in [9.17, 15) is 13.9 Å². The summed E-state index contributed by atoms with van der Waals surface area (Å²) in [5.41, 5.74) is 2.12.